The molecule has 1 unspecified atom stereocenters. The van der Waals surface area contributed by atoms with Crippen LogP contribution in [0.5, 0.6) is 5.75 Å². The first-order valence-electron chi connectivity index (χ1n) is 4.48. The van der Waals surface area contributed by atoms with Gasteiger partial charge in [0.05, 0.1) is 6.07 Å². The lowest BCUT2D eigenvalue weighted by atomic mass is 10.1. The highest BCUT2D eigenvalue weighted by molar-refractivity contribution is 6.30. The molecule has 0 radical (unpaired) electrons. The highest BCUT2D eigenvalue weighted by Gasteiger charge is 2.08. The lowest BCUT2D eigenvalue weighted by Gasteiger charge is -2.12. The molecule has 0 aliphatic rings. The van der Waals surface area contributed by atoms with Gasteiger partial charge in [-0.05, 0) is 37.1 Å². The van der Waals surface area contributed by atoms with Crippen molar-refractivity contribution in [2.24, 2.45) is 0 Å². The Hall–Kier alpha value is -0.910. The molecule has 0 aromatic heterocycles. The van der Waals surface area contributed by atoms with E-state index in [0.29, 0.717) is 5.02 Å². The summed E-state index contributed by atoms with van der Waals surface area (Å²) in [6, 6.07) is 5.54. The minimum absolute atomic E-state index is 0.182. The van der Waals surface area contributed by atoms with E-state index in [-0.39, 0.29) is 6.61 Å². The molecule has 0 N–H and O–H groups in total. The lowest BCUT2D eigenvalue weighted by Crippen LogP contribution is -2.10. The summed E-state index contributed by atoms with van der Waals surface area (Å²) in [4.78, 5) is 0. The van der Waals surface area contributed by atoms with Gasteiger partial charge in [0.2, 0.25) is 0 Å². The van der Waals surface area contributed by atoms with E-state index in [1.54, 1.807) is 0 Å². The van der Waals surface area contributed by atoms with Gasteiger partial charge in [0.1, 0.15) is 12.4 Å². The number of ether oxygens (including phenoxy) is 1. The third-order valence-corrected chi connectivity index (χ3v) is 2.38. The van der Waals surface area contributed by atoms with Gasteiger partial charge in [0, 0.05) is 5.02 Å². The van der Waals surface area contributed by atoms with Crippen LogP contribution in [0.3, 0.4) is 0 Å². The van der Waals surface area contributed by atoms with Crippen LogP contribution in [0.15, 0.2) is 12.1 Å². The van der Waals surface area contributed by atoms with Crippen molar-refractivity contribution < 1.29 is 4.74 Å². The average Bonchev–Trinajstić information content (AvgIpc) is 2.15. The highest BCUT2D eigenvalue weighted by Crippen LogP contribution is 2.27. The van der Waals surface area contributed by atoms with Crippen molar-refractivity contribution in [2.45, 2.75) is 19.2 Å². The third kappa shape index (κ3) is 3.30. The van der Waals surface area contributed by atoms with E-state index in [1.165, 1.54) is 0 Å². The molecule has 0 heterocycles. The van der Waals surface area contributed by atoms with Gasteiger partial charge < -0.3 is 4.74 Å². The molecule has 0 fully saturated rings. The Morgan fingerprint density at radius 3 is 2.40 bits per heavy atom. The quantitative estimate of drug-likeness (QED) is 0.762. The Morgan fingerprint density at radius 2 is 1.93 bits per heavy atom. The van der Waals surface area contributed by atoms with Gasteiger partial charge in [0.15, 0.2) is 5.38 Å². The van der Waals surface area contributed by atoms with Gasteiger partial charge in [-0.2, -0.15) is 5.26 Å². The number of hydrogen-bond donors (Lipinski definition) is 0. The first-order chi connectivity index (χ1) is 7.04. The van der Waals surface area contributed by atoms with E-state index in [4.69, 9.17) is 33.2 Å². The fraction of sp³-hybridized carbons (Fsp3) is 0.364. The second kappa shape index (κ2) is 5.25. The highest BCUT2D eigenvalue weighted by atomic mass is 35.5. The third-order valence-electron chi connectivity index (χ3n) is 1.94. The molecule has 0 aliphatic heterocycles. The summed E-state index contributed by atoms with van der Waals surface area (Å²) in [5.41, 5.74) is 1.89. The van der Waals surface area contributed by atoms with E-state index in [0.717, 1.165) is 16.9 Å². The zero-order valence-corrected chi connectivity index (χ0v) is 10.1. The van der Waals surface area contributed by atoms with E-state index < -0.39 is 5.38 Å². The van der Waals surface area contributed by atoms with Crippen LogP contribution in [0.25, 0.3) is 0 Å². The SMILES string of the molecule is Cc1cc(Cl)cc(C)c1OCC(Cl)C#N. The molecule has 1 rings (SSSR count). The fourth-order valence-corrected chi connectivity index (χ4v) is 1.71. The molecule has 0 saturated heterocycles. The van der Waals surface area contributed by atoms with Gasteiger partial charge in [-0.3, -0.25) is 0 Å². The zero-order valence-electron chi connectivity index (χ0n) is 8.55. The Labute approximate surface area is 99.4 Å². The normalized spacial score (nSPS) is 11.9. The number of nitrogens with zero attached hydrogens (tertiary/aromatic N) is 1. The van der Waals surface area contributed by atoms with E-state index in [2.05, 4.69) is 0 Å². The predicted molar refractivity (Wildman–Crippen MR) is 61.7 cm³/mol. The number of halogens is 2. The second-order valence-corrected chi connectivity index (χ2v) is 4.24. The van der Waals surface area contributed by atoms with Crippen LogP contribution in [0.2, 0.25) is 5.02 Å². The number of hydrogen-bond acceptors (Lipinski definition) is 2. The molecule has 0 aliphatic carbocycles. The summed E-state index contributed by atoms with van der Waals surface area (Å²) in [6.07, 6.45) is 0. The number of aryl methyl sites for hydroxylation is 2. The summed E-state index contributed by atoms with van der Waals surface area (Å²) in [5, 5.41) is 8.57. The molecular weight excluding hydrogens is 233 g/mol. The molecule has 0 bridgehead atoms. The molecule has 15 heavy (non-hydrogen) atoms. The molecule has 1 atom stereocenters. The van der Waals surface area contributed by atoms with Gasteiger partial charge in [0.25, 0.3) is 0 Å². The molecule has 0 spiro atoms. The van der Waals surface area contributed by atoms with Crippen LogP contribution in [0.1, 0.15) is 11.1 Å². The first-order valence-corrected chi connectivity index (χ1v) is 5.29. The Bertz CT molecular complexity index is 375. The molecule has 4 heteroatoms. The minimum atomic E-state index is -0.625. The fourth-order valence-electron chi connectivity index (χ4n) is 1.32. The predicted octanol–water partition coefficient (Wildman–Crippen LogP) is 3.47. The maximum absolute atomic E-state index is 8.51. The lowest BCUT2D eigenvalue weighted by molar-refractivity contribution is 0.324. The van der Waals surface area contributed by atoms with E-state index in [1.807, 2.05) is 32.0 Å². The van der Waals surface area contributed by atoms with Crippen molar-refractivity contribution in [3.63, 3.8) is 0 Å². The average molecular weight is 244 g/mol. The monoisotopic (exact) mass is 243 g/mol. The Morgan fingerprint density at radius 1 is 1.40 bits per heavy atom. The molecular formula is C11H11Cl2NO. The van der Waals surface area contributed by atoms with Crippen LogP contribution < -0.4 is 4.74 Å². The van der Waals surface area contributed by atoms with Crippen LogP contribution in [-0.4, -0.2) is 12.0 Å². The number of benzene rings is 1. The van der Waals surface area contributed by atoms with Crippen molar-refractivity contribution in [1.29, 1.82) is 5.26 Å². The molecule has 0 amide bonds. The Kier molecular flexibility index (Phi) is 4.26. The largest absolute Gasteiger partial charge is 0.490 e. The van der Waals surface area contributed by atoms with Crippen LogP contribution >= 0.6 is 23.2 Å². The number of rotatable bonds is 3. The van der Waals surface area contributed by atoms with Gasteiger partial charge in [-0.15, -0.1) is 11.6 Å². The van der Waals surface area contributed by atoms with Gasteiger partial charge in [-0.25, -0.2) is 0 Å². The molecule has 2 nitrogen and oxygen atoms in total. The van der Waals surface area contributed by atoms with Crippen molar-refractivity contribution in [2.75, 3.05) is 6.61 Å². The molecule has 1 aromatic carbocycles. The standard InChI is InChI=1S/C11H11Cl2NO/c1-7-3-9(12)4-8(2)11(7)15-6-10(13)5-14/h3-4,10H,6H2,1-2H3. The zero-order chi connectivity index (χ0) is 11.4. The van der Waals surface area contributed by atoms with Crippen LogP contribution in [-0.2, 0) is 0 Å². The van der Waals surface area contributed by atoms with E-state index in [9.17, 15) is 0 Å². The van der Waals surface area contributed by atoms with Crippen molar-refractivity contribution in [1.82, 2.24) is 0 Å². The first kappa shape index (κ1) is 12.2. The maximum atomic E-state index is 8.51. The minimum Gasteiger partial charge on any atom is -0.490 e. The summed E-state index contributed by atoms with van der Waals surface area (Å²) < 4.78 is 5.46. The summed E-state index contributed by atoms with van der Waals surface area (Å²) >= 11 is 11.5. The van der Waals surface area contributed by atoms with Crippen molar-refractivity contribution >= 4 is 23.2 Å². The van der Waals surface area contributed by atoms with E-state index >= 15 is 0 Å². The molecule has 0 saturated carbocycles. The van der Waals surface area contributed by atoms with Crippen LogP contribution in [0, 0.1) is 25.2 Å². The van der Waals surface area contributed by atoms with Gasteiger partial charge >= 0.3 is 0 Å². The summed E-state index contributed by atoms with van der Waals surface area (Å²) in [5.74, 6) is 0.750. The Balaban J connectivity index is 2.82. The molecule has 80 valence electrons. The topological polar surface area (TPSA) is 33.0 Å². The summed E-state index contributed by atoms with van der Waals surface area (Å²) in [7, 11) is 0. The maximum Gasteiger partial charge on any atom is 0.154 e. The smallest absolute Gasteiger partial charge is 0.154 e. The summed E-state index contributed by atoms with van der Waals surface area (Å²) in [6.45, 7) is 4.00. The number of alkyl halides is 1. The van der Waals surface area contributed by atoms with Gasteiger partial charge in [-0.1, -0.05) is 11.6 Å². The van der Waals surface area contributed by atoms with Crippen LogP contribution in [0.4, 0.5) is 0 Å². The second-order valence-electron chi connectivity index (χ2n) is 3.28. The molecule has 1 aromatic rings. The number of nitriles is 1. The van der Waals surface area contributed by atoms with Crippen molar-refractivity contribution in [3.05, 3.63) is 28.3 Å². The van der Waals surface area contributed by atoms with Crippen molar-refractivity contribution in [3.8, 4) is 11.8 Å².